The van der Waals surface area contributed by atoms with Crippen LogP contribution in [0.1, 0.15) is 112 Å². The van der Waals surface area contributed by atoms with Crippen LogP contribution in [-0.4, -0.2) is 16.5 Å². The minimum Gasteiger partial charge on any atom is -0.389 e. The van der Waals surface area contributed by atoms with E-state index in [0.717, 1.165) is 48.9 Å². The van der Waals surface area contributed by atoms with Gasteiger partial charge in [-0.05, 0) is 85.9 Å². The summed E-state index contributed by atoms with van der Waals surface area (Å²) < 4.78 is 0. The number of aliphatic hydroxyl groups is 1. The van der Waals surface area contributed by atoms with Crippen LogP contribution in [0.4, 0.5) is 0 Å². The van der Waals surface area contributed by atoms with Gasteiger partial charge in [0, 0.05) is 18.3 Å². The van der Waals surface area contributed by atoms with Crippen molar-refractivity contribution >= 4 is 5.78 Å². The summed E-state index contributed by atoms with van der Waals surface area (Å²) in [6, 6.07) is 0. The van der Waals surface area contributed by atoms with Crippen molar-refractivity contribution in [3.05, 3.63) is 0 Å². The van der Waals surface area contributed by atoms with E-state index in [1.54, 1.807) is 0 Å². The third-order valence-electron chi connectivity index (χ3n) is 10.8. The monoisotopic (exact) mass is 402 g/mol. The Morgan fingerprint density at radius 2 is 1.72 bits per heavy atom. The standard InChI is InChI=1S/C27H46O2/c1-18(2)7-6-8-19(3)22-9-10-23-21-12-16-27(29)17-20(28)11-15-26(27,5)24(21)13-14-25(22,23)4/h18-19,21-24,29H,6-17H2,1-5H3/t19-,21+,22-,23+,24+,25-,26-,27?/m1/s1. The highest BCUT2D eigenvalue weighted by atomic mass is 16.3. The molecule has 4 aliphatic rings. The van der Waals surface area contributed by atoms with Gasteiger partial charge in [-0.15, -0.1) is 0 Å². The lowest BCUT2D eigenvalue weighted by Crippen LogP contribution is -2.62. The second kappa shape index (κ2) is 7.64. The molecule has 0 heterocycles. The second-order valence-electron chi connectivity index (χ2n) is 12.6. The van der Waals surface area contributed by atoms with Crippen molar-refractivity contribution in [2.24, 2.45) is 46.3 Å². The summed E-state index contributed by atoms with van der Waals surface area (Å²) in [7, 11) is 0. The molecule has 4 rings (SSSR count). The zero-order valence-electron chi connectivity index (χ0n) is 19.8. The Bertz CT molecular complexity index is 626. The van der Waals surface area contributed by atoms with Gasteiger partial charge in [0.1, 0.15) is 5.78 Å². The van der Waals surface area contributed by atoms with E-state index in [1.165, 1.54) is 44.9 Å². The Morgan fingerprint density at radius 3 is 2.45 bits per heavy atom. The van der Waals surface area contributed by atoms with Gasteiger partial charge in [-0.2, -0.15) is 0 Å². The molecular formula is C27H46O2. The Morgan fingerprint density at radius 1 is 0.966 bits per heavy atom. The Labute approximate surface area is 179 Å². The SMILES string of the molecule is CC(C)CCC[C@@H](C)[C@H]1CC[C@H]2[C@@H]3CCC4(O)CC(=O)CC[C@]4(C)[C@H]3CC[C@]12C. The molecule has 0 spiro atoms. The van der Waals surface area contributed by atoms with Crippen molar-refractivity contribution in [3.8, 4) is 0 Å². The number of Topliss-reactive ketones (excluding diaryl/α,β-unsaturated/α-hetero) is 1. The number of hydrogen-bond donors (Lipinski definition) is 1. The van der Waals surface area contributed by atoms with E-state index in [4.69, 9.17) is 0 Å². The fourth-order valence-corrected chi connectivity index (χ4v) is 9.06. The molecule has 0 radical (unpaired) electrons. The molecule has 4 fully saturated rings. The van der Waals surface area contributed by atoms with E-state index in [0.29, 0.717) is 30.0 Å². The lowest BCUT2D eigenvalue weighted by molar-refractivity contribution is -0.204. The van der Waals surface area contributed by atoms with Gasteiger partial charge >= 0.3 is 0 Å². The zero-order chi connectivity index (χ0) is 21.0. The maximum atomic E-state index is 12.1. The van der Waals surface area contributed by atoms with Gasteiger partial charge in [0.25, 0.3) is 0 Å². The average Bonchev–Trinajstić information content (AvgIpc) is 2.99. The molecule has 0 aromatic carbocycles. The first-order valence-electron chi connectivity index (χ1n) is 12.8. The molecule has 4 aliphatic carbocycles. The van der Waals surface area contributed by atoms with Crippen LogP contribution in [0.15, 0.2) is 0 Å². The summed E-state index contributed by atoms with van der Waals surface area (Å²) in [6.45, 7) is 12.2. The molecule has 1 unspecified atom stereocenters. The summed E-state index contributed by atoms with van der Waals surface area (Å²) in [5.41, 5.74) is -0.250. The lowest BCUT2D eigenvalue weighted by atomic mass is 9.43. The largest absolute Gasteiger partial charge is 0.389 e. The fraction of sp³-hybridized carbons (Fsp3) is 0.963. The van der Waals surface area contributed by atoms with Crippen molar-refractivity contribution in [1.29, 1.82) is 0 Å². The highest BCUT2D eigenvalue weighted by Gasteiger charge is 2.64. The quantitative estimate of drug-likeness (QED) is 0.549. The van der Waals surface area contributed by atoms with E-state index in [1.807, 2.05) is 0 Å². The Hall–Kier alpha value is -0.370. The predicted octanol–water partition coefficient (Wildman–Crippen LogP) is 6.79. The molecular weight excluding hydrogens is 356 g/mol. The molecule has 0 aliphatic heterocycles. The summed E-state index contributed by atoms with van der Waals surface area (Å²) in [4.78, 5) is 12.1. The molecule has 0 amide bonds. The van der Waals surface area contributed by atoms with Gasteiger partial charge in [0.15, 0.2) is 0 Å². The molecule has 4 saturated carbocycles. The van der Waals surface area contributed by atoms with Crippen LogP contribution >= 0.6 is 0 Å². The van der Waals surface area contributed by atoms with Crippen molar-refractivity contribution < 1.29 is 9.90 Å². The number of fused-ring (bicyclic) bond motifs is 5. The van der Waals surface area contributed by atoms with Crippen LogP contribution in [-0.2, 0) is 4.79 Å². The summed E-state index contributed by atoms with van der Waals surface area (Å²) in [6.07, 6.45) is 13.7. The van der Waals surface area contributed by atoms with E-state index in [2.05, 4.69) is 34.6 Å². The third-order valence-corrected chi connectivity index (χ3v) is 10.8. The summed E-state index contributed by atoms with van der Waals surface area (Å²) in [5, 5.41) is 11.5. The minimum atomic E-state index is -0.723. The van der Waals surface area contributed by atoms with Crippen molar-refractivity contribution in [2.45, 2.75) is 117 Å². The number of hydrogen-bond acceptors (Lipinski definition) is 2. The number of carbonyl (C=O) groups excluding carboxylic acids is 1. The first-order chi connectivity index (χ1) is 13.6. The summed E-state index contributed by atoms with van der Waals surface area (Å²) >= 11 is 0. The molecule has 2 nitrogen and oxygen atoms in total. The van der Waals surface area contributed by atoms with E-state index < -0.39 is 5.60 Å². The smallest absolute Gasteiger partial charge is 0.135 e. The average molecular weight is 403 g/mol. The maximum absolute atomic E-state index is 12.1. The molecule has 0 saturated heterocycles. The Balaban J connectivity index is 1.50. The number of rotatable bonds is 5. The van der Waals surface area contributed by atoms with E-state index in [-0.39, 0.29) is 5.41 Å². The first kappa shape index (κ1) is 21.8. The topological polar surface area (TPSA) is 37.3 Å². The van der Waals surface area contributed by atoms with E-state index in [9.17, 15) is 9.90 Å². The van der Waals surface area contributed by atoms with Crippen LogP contribution in [0.5, 0.6) is 0 Å². The lowest BCUT2D eigenvalue weighted by Gasteiger charge is -2.63. The van der Waals surface area contributed by atoms with Crippen LogP contribution in [0, 0.1) is 46.3 Å². The molecule has 2 heteroatoms. The fourth-order valence-electron chi connectivity index (χ4n) is 9.06. The van der Waals surface area contributed by atoms with Crippen molar-refractivity contribution in [2.75, 3.05) is 0 Å². The highest BCUT2D eigenvalue weighted by molar-refractivity contribution is 5.80. The van der Waals surface area contributed by atoms with Crippen LogP contribution in [0.25, 0.3) is 0 Å². The van der Waals surface area contributed by atoms with Gasteiger partial charge in [-0.1, -0.05) is 53.9 Å². The highest BCUT2D eigenvalue weighted by Crippen LogP contribution is 2.69. The molecule has 0 bridgehead atoms. The molecule has 29 heavy (non-hydrogen) atoms. The minimum absolute atomic E-state index is 0.0356. The second-order valence-corrected chi connectivity index (χ2v) is 12.6. The van der Waals surface area contributed by atoms with Gasteiger partial charge in [-0.3, -0.25) is 4.79 Å². The predicted molar refractivity (Wildman–Crippen MR) is 120 cm³/mol. The van der Waals surface area contributed by atoms with Gasteiger partial charge < -0.3 is 5.11 Å². The Kier molecular flexibility index (Phi) is 5.76. The molecule has 1 N–H and O–H groups in total. The molecule has 166 valence electrons. The van der Waals surface area contributed by atoms with E-state index >= 15 is 0 Å². The van der Waals surface area contributed by atoms with Crippen molar-refractivity contribution in [1.82, 2.24) is 0 Å². The van der Waals surface area contributed by atoms with Crippen LogP contribution < -0.4 is 0 Å². The van der Waals surface area contributed by atoms with Crippen LogP contribution in [0.2, 0.25) is 0 Å². The third kappa shape index (κ3) is 3.44. The molecule has 0 aromatic heterocycles. The zero-order valence-corrected chi connectivity index (χ0v) is 19.8. The normalized spacial score (nSPS) is 48.2. The molecule has 0 aromatic rings. The molecule has 8 atom stereocenters. The summed E-state index contributed by atoms with van der Waals surface area (Å²) in [5.74, 6) is 5.11. The first-order valence-corrected chi connectivity index (χ1v) is 12.8. The number of carbonyl (C=O) groups is 1. The van der Waals surface area contributed by atoms with Gasteiger partial charge in [-0.25, -0.2) is 0 Å². The maximum Gasteiger partial charge on any atom is 0.135 e. The van der Waals surface area contributed by atoms with Crippen LogP contribution in [0.3, 0.4) is 0 Å². The number of ketones is 1. The van der Waals surface area contributed by atoms with Crippen molar-refractivity contribution in [3.63, 3.8) is 0 Å². The van der Waals surface area contributed by atoms with Gasteiger partial charge in [0.2, 0.25) is 0 Å². The van der Waals surface area contributed by atoms with Gasteiger partial charge in [0.05, 0.1) is 5.60 Å².